The first-order chi connectivity index (χ1) is 12.6. The summed E-state index contributed by atoms with van der Waals surface area (Å²) >= 11 is 0. The van der Waals surface area contributed by atoms with E-state index >= 15 is 0 Å². The number of carboxylic acid groups (broad SMARTS) is 1. The number of hydrogen-bond acceptors (Lipinski definition) is 3. The number of carbonyl (C=O) groups is 1. The average molecular weight is 377 g/mol. The van der Waals surface area contributed by atoms with Crippen LogP contribution in [0.2, 0.25) is 0 Å². The summed E-state index contributed by atoms with van der Waals surface area (Å²) in [5.41, 5.74) is 2.94. The molecular weight excluding hydrogens is 340 g/mol. The second-order valence-electron chi connectivity index (χ2n) is 8.85. The molecule has 1 aromatic rings. The molecule has 1 aliphatic rings. The zero-order valence-electron chi connectivity index (χ0n) is 17.6. The predicted molar refractivity (Wildman–Crippen MR) is 109 cm³/mol. The van der Waals surface area contributed by atoms with E-state index in [0.717, 1.165) is 73.8 Å². The van der Waals surface area contributed by atoms with E-state index in [1.54, 1.807) is 6.92 Å². The number of aliphatic carboxylic acids is 1. The van der Waals surface area contributed by atoms with Gasteiger partial charge in [0.05, 0.1) is 5.92 Å². The van der Waals surface area contributed by atoms with Gasteiger partial charge in [-0.3, -0.25) is 4.79 Å². The van der Waals surface area contributed by atoms with Crippen LogP contribution in [-0.4, -0.2) is 21.8 Å². The van der Waals surface area contributed by atoms with Crippen molar-refractivity contribution in [1.82, 2.24) is 0 Å². The Morgan fingerprint density at radius 3 is 2.52 bits per heavy atom. The van der Waals surface area contributed by atoms with Gasteiger partial charge in [0.15, 0.2) is 0 Å². The molecule has 27 heavy (non-hydrogen) atoms. The Labute approximate surface area is 163 Å². The fourth-order valence-electron chi connectivity index (χ4n) is 4.01. The molecule has 1 aromatic carbocycles. The van der Waals surface area contributed by atoms with Crippen molar-refractivity contribution in [2.24, 2.45) is 11.8 Å². The van der Waals surface area contributed by atoms with Crippen LogP contribution in [0.3, 0.4) is 0 Å². The van der Waals surface area contributed by atoms with Gasteiger partial charge in [0, 0.05) is 0 Å². The highest BCUT2D eigenvalue weighted by molar-refractivity contribution is 5.69. The van der Waals surface area contributed by atoms with Gasteiger partial charge in [-0.25, -0.2) is 0 Å². The Bertz CT molecular complexity index is 667. The van der Waals surface area contributed by atoms with E-state index in [0.29, 0.717) is 11.7 Å². The minimum absolute atomic E-state index is 0.140. The maximum atomic E-state index is 10.9. The van der Waals surface area contributed by atoms with E-state index in [4.69, 9.17) is 9.84 Å². The molecule has 0 bridgehead atoms. The molecule has 4 heteroatoms. The van der Waals surface area contributed by atoms with Gasteiger partial charge in [0.25, 0.3) is 0 Å². The first-order valence-corrected chi connectivity index (χ1v) is 10.4. The van der Waals surface area contributed by atoms with Crippen LogP contribution in [0.5, 0.6) is 11.5 Å². The molecule has 0 saturated heterocycles. The molecule has 1 heterocycles. The van der Waals surface area contributed by atoms with Crippen molar-refractivity contribution in [3.8, 4) is 11.5 Å². The zero-order valence-corrected chi connectivity index (χ0v) is 17.6. The standard InChI is InChI=1S/C23H36O4/c1-15(8-6-10-16(2)22(25)26)9-7-12-23(5)13-11-19-14-20(24)17(3)18(4)21(19)27-23/h14-16,24H,6-13H2,1-5H3,(H,25,26)/t15-,16+,23-/m1/s1. The lowest BCUT2D eigenvalue weighted by atomic mass is 9.85. The van der Waals surface area contributed by atoms with Crippen LogP contribution in [0.15, 0.2) is 6.07 Å². The van der Waals surface area contributed by atoms with Crippen LogP contribution in [0, 0.1) is 25.7 Å². The first-order valence-electron chi connectivity index (χ1n) is 10.4. The number of rotatable bonds is 9. The van der Waals surface area contributed by atoms with Gasteiger partial charge in [-0.15, -0.1) is 0 Å². The molecule has 2 rings (SSSR count). The SMILES string of the molecule is Cc1c(O)cc2c(c1C)O[C@](C)(CCC[C@H](C)CCC[C@H](C)C(=O)O)CC2. The summed E-state index contributed by atoms with van der Waals surface area (Å²) in [6, 6.07) is 1.86. The monoisotopic (exact) mass is 376 g/mol. The van der Waals surface area contributed by atoms with Gasteiger partial charge >= 0.3 is 5.97 Å². The lowest BCUT2D eigenvalue weighted by Gasteiger charge is -2.37. The smallest absolute Gasteiger partial charge is 0.306 e. The summed E-state index contributed by atoms with van der Waals surface area (Å²) in [6.45, 7) is 10.2. The van der Waals surface area contributed by atoms with Crippen LogP contribution in [-0.2, 0) is 11.2 Å². The highest BCUT2D eigenvalue weighted by atomic mass is 16.5. The lowest BCUT2D eigenvalue weighted by molar-refractivity contribution is -0.141. The number of aryl methyl sites for hydroxylation is 1. The largest absolute Gasteiger partial charge is 0.508 e. The van der Waals surface area contributed by atoms with Gasteiger partial charge < -0.3 is 14.9 Å². The predicted octanol–water partition coefficient (Wildman–Crippen LogP) is 5.79. The fraction of sp³-hybridized carbons (Fsp3) is 0.696. The van der Waals surface area contributed by atoms with Crippen molar-refractivity contribution in [1.29, 1.82) is 0 Å². The Kier molecular flexibility index (Phi) is 7.19. The minimum atomic E-state index is -0.691. The molecule has 0 saturated carbocycles. The highest BCUT2D eigenvalue weighted by Gasteiger charge is 2.33. The van der Waals surface area contributed by atoms with E-state index in [-0.39, 0.29) is 11.5 Å². The van der Waals surface area contributed by atoms with E-state index in [9.17, 15) is 9.90 Å². The van der Waals surface area contributed by atoms with Gasteiger partial charge in [-0.2, -0.15) is 0 Å². The normalized spacial score (nSPS) is 21.2. The first kappa shape index (κ1) is 21.6. The number of hydrogen-bond donors (Lipinski definition) is 2. The van der Waals surface area contributed by atoms with E-state index in [1.165, 1.54) is 0 Å². The lowest BCUT2D eigenvalue weighted by Crippen LogP contribution is -2.36. The Morgan fingerprint density at radius 1 is 1.19 bits per heavy atom. The molecule has 0 spiro atoms. The van der Waals surface area contributed by atoms with Crippen LogP contribution >= 0.6 is 0 Å². The van der Waals surface area contributed by atoms with Gasteiger partial charge in [-0.05, 0) is 81.5 Å². The summed E-state index contributed by atoms with van der Waals surface area (Å²) in [4.78, 5) is 10.9. The number of fused-ring (bicyclic) bond motifs is 1. The third kappa shape index (κ3) is 5.63. The zero-order chi connectivity index (χ0) is 20.2. The third-order valence-electron chi connectivity index (χ3n) is 6.32. The van der Waals surface area contributed by atoms with Gasteiger partial charge in [-0.1, -0.05) is 33.1 Å². The Balaban J connectivity index is 1.81. The number of ether oxygens (including phenoxy) is 1. The quantitative estimate of drug-likeness (QED) is 0.572. The van der Waals surface area contributed by atoms with Crippen LogP contribution in [0.1, 0.15) is 82.4 Å². The molecular formula is C23H36O4. The topological polar surface area (TPSA) is 66.8 Å². The maximum absolute atomic E-state index is 10.9. The van der Waals surface area contributed by atoms with Gasteiger partial charge in [0.1, 0.15) is 17.1 Å². The summed E-state index contributed by atoms with van der Waals surface area (Å²) in [7, 11) is 0. The molecule has 0 fully saturated rings. The highest BCUT2D eigenvalue weighted by Crippen LogP contribution is 2.42. The van der Waals surface area contributed by atoms with E-state index in [1.807, 2.05) is 19.9 Å². The maximum Gasteiger partial charge on any atom is 0.306 e. The molecule has 0 unspecified atom stereocenters. The summed E-state index contributed by atoms with van der Waals surface area (Å²) in [5.74, 6) is 1.02. The van der Waals surface area contributed by atoms with Crippen molar-refractivity contribution < 1.29 is 19.7 Å². The van der Waals surface area contributed by atoms with Crippen LogP contribution in [0.25, 0.3) is 0 Å². The van der Waals surface area contributed by atoms with Crippen molar-refractivity contribution >= 4 is 5.97 Å². The van der Waals surface area contributed by atoms with Crippen LogP contribution < -0.4 is 4.74 Å². The summed E-state index contributed by atoms with van der Waals surface area (Å²) in [6.07, 6.45) is 8.08. The summed E-state index contributed by atoms with van der Waals surface area (Å²) < 4.78 is 6.43. The Hall–Kier alpha value is -1.71. The molecule has 0 amide bonds. The second-order valence-corrected chi connectivity index (χ2v) is 8.85. The van der Waals surface area contributed by atoms with Crippen molar-refractivity contribution in [2.75, 3.05) is 0 Å². The number of aromatic hydroxyl groups is 1. The number of carboxylic acids is 1. The summed E-state index contributed by atoms with van der Waals surface area (Å²) in [5, 5.41) is 19.0. The number of benzene rings is 1. The molecule has 2 N–H and O–H groups in total. The van der Waals surface area contributed by atoms with Crippen molar-refractivity contribution in [2.45, 2.75) is 91.6 Å². The Morgan fingerprint density at radius 2 is 1.85 bits per heavy atom. The fourth-order valence-corrected chi connectivity index (χ4v) is 4.01. The van der Waals surface area contributed by atoms with E-state index in [2.05, 4.69) is 13.8 Å². The molecule has 4 nitrogen and oxygen atoms in total. The van der Waals surface area contributed by atoms with Crippen molar-refractivity contribution in [3.05, 3.63) is 22.8 Å². The van der Waals surface area contributed by atoms with Crippen LogP contribution in [0.4, 0.5) is 0 Å². The van der Waals surface area contributed by atoms with E-state index < -0.39 is 5.97 Å². The minimum Gasteiger partial charge on any atom is -0.508 e. The third-order valence-corrected chi connectivity index (χ3v) is 6.32. The second kappa shape index (κ2) is 8.99. The number of phenols is 1. The average Bonchev–Trinajstić information content (AvgIpc) is 2.60. The van der Waals surface area contributed by atoms with Gasteiger partial charge in [0.2, 0.25) is 0 Å². The molecule has 0 aromatic heterocycles. The van der Waals surface area contributed by atoms with Crippen molar-refractivity contribution in [3.63, 3.8) is 0 Å². The molecule has 0 radical (unpaired) electrons. The molecule has 3 atom stereocenters. The molecule has 152 valence electrons. The molecule has 1 aliphatic heterocycles. The molecule has 0 aliphatic carbocycles. The number of phenolic OH excluding ortho intramolecular Hbond substituents is 1.